The maximum absolute atomic E-state index is 12.2. The molecule has 0 unspecified atom stereocenters. The van der Waals surface area contributed by atoms with Gasteiger partial charge in [-0.05, 0) is 11.4 Å². The molecule has 3 rings (SSSR count). The van der Waals surface area contributed by atoms with E-state index in [1.54, 1.807) is 17.5 Å². The first kappa shape index (κ1) is 10.2. The van der Waals surface area contributed by atoms with Crippen molar-refractivity contribution in [3.05, 3.63) is 17.5 Å². The van der Waals surface area contributed by atoms with Crippen LogP contribution in [0, 0.1) is 0 Å². The predicted molar refractivity (Wildman–Crippen MR) is 56.5 cm³/mol. The van der Waals surface area contributed by atoms with Gasteiger partial charge in [-0.2, -0.15) is 4.31 Å². The number of sulfonamides is 1. The van der Waals surface area contributed by atoms with Crippen molar-refractivity contribution in [2.75, 3.05) is 6.54 Å². The Balaban J connectivity index is 1.98. The van der Waals surface area contributed by atoms with E-state index in [9.17, 15) is 13.2 Å². The van der Waals surface area contributed by atoms with Gasteiger partial charge in [-0.3, -0.25) is 4.79 Å². The molecule has 2 atom stereocenters. The number of hydrogen-bond donors (Lipinski definition) is 0. The van der Waals surface area contributed by atoms with Gasteiger partial charge in [-0.1, -0.05) is 6.07 Å². The third kappa shape index (κ3) is 1.32. The second-order valence-electron chi connectivity index (χ2n) is 3.82. The summed E-state index contributed by atoms with van der Waals surface area (Å²) in [5.41, 5.74) is 0. The number of morpholine rings is 1. The molecule has 3 heterocycles. The summed E-state index contributed by atoms with van der Waals surface area (Å²) in [5, 5.41) is 1.71. The monoisotopic (exact) mass is 259 g/mol. The van der Waals surface area contributed by atoms with E-state index in [4.69, 9.17) is 4.74 Å². The molecule has 16 heavy (non-hydrogen) atoms. The first-order chi connectivity index (χ1) is 7.59. The highest BCUT2D eigenvalue weighted by atomic mass is 32.2. The summed E-state index contributed by atoms with van der Waals surface area (Å²) in [6.07, 6.45) is 0.232. The zero-order valence-corrected chi connectivity index (χ0v) is 9.83. The number of thiophene rings is 1. The van der Waals surface area contributed by atoms with E-state index >= 15 is 0 Å². The Bertz CT molecular complexity index is 522. The number of nitrogens with zero attached hydrogens (tertiary/aromatic N) is 1. The van der Waals surface area contributed by atoms with Gasteiger partial charge in [0.05, 0.1) is 6.54 Å². The first-order valence-corrected chi connectivity index (χ1v) is 7.17. The number of carbonyl (C=O) groups excluding carboxylic acids is 1. The third-order valence-corrected chi connectivity index (χ3v) is 6.08. The predicted octanol–water partition coefficient (Wildman–Crippen LogP) is 0.436. The van der Waals surface area contributed by atoms with Crippen LogP contribution in [0.3, 0.4) is 0 Å². The lowest BCUT2D eigenvalue weighted by Crippen LogP contribution is -2.43. The van der Waals surface area contributed by atoms with Crippen LogP contribution in [0.1, 0.15) is 6.42 Å². The molecule has 1 aromatic rings. The van der Waals surface area contributed by atoms with Crippen molar-refractivity contribution in [3.63, 3.8) is 0 Å². The van der Waals surface area contributed by atoms with Crippen molar-refractivity contribution in [2.45, 2.75) is 22.8 Å². The maximum atomic E-state index is 12.2. The van der Waals surface area contributed by atoms with Gasteiger partial charge in [0.25, 0.3) is 10.0 Å². The lowest BCUT2D eigenvalue weighted by atomic mass is 10.2. The van der Waals surface area contributed by atoms with E-state index in [2.05, 4.69) is 0 Å². The van der Waals surface area contributed by atoms with E-state index in [0.29, 0.717) is 6.42 Å². The smallest absolute Gasteiger partial charge is 0.324 e. The average molecular weight is 259 g/mol. The highest BCUT2D eigenvalue weighted by Gasteiger charge is 2.51. The molecule has 2 saturated heterocycles. The van der Waals surface area contributed by atoms with Crippen molar-refractivity contribution in [3.8, 4) is 0 Å². The topological polar surface area (TPSA) is 63.7 Å². The van der Waals surface area contributed by atoms with Crippen LogP contribution in [0.25, 0.3) is 0 Å². The number of hydrogen-bond acceptors (Lipinski definition) is 5. The molecule has 86 valence electrons. The zero-order valence-electron chi connectivity index (χ0n) is 8.20. The number of fused-ring (bicyclic) bond motifs is 2. The summed E-state index contributed by atoms with van der Waals surface area (Å²) in [4.78, 5) is 11.3. The minimum atomic E-state index is -3.51. The maximum Gasteiger partial charge on any atom is 0.324 e. The van der Waals surface area contributed by atoms with Crippen LogP contribution in [-0.4, -0.2) is 37.4 Å². The third-order valence-electron chi connectivity index (χ3n) is 2.83. The molecule has 2 aliphatic heterocycles. The van der Waals surface area contributed by atoms with E-state index in [0.717, 1.165) is 11.3 Å². The second kappa shape index (κ2) is 3.28. The highest BCUT2D eigenvalue weighted by molar-refractivity contribution is 7.91. The van der Waals surface area contributed by atoms with Crippen molar-refractivity contribution >= 4 is 27.3 Å². The molecular formula is C9H9NO4S2. The van der Waals surface area contributed by atoms with Crippen molar-refractivity contribution < 1.29 is 17.9 Å². The van der Waals surface area contributed by atoms with Gasteiger partial charge in [0, 0.05) is 6.42 Å². The van der Waals surface area contributed by atoms with Crippen LogP contribution < -0.4 is 0 Å². The SMILES string of the molecule is O=C1O[C@H]2C[C@H]1N(S(=O)(=O)c1cccs1)C2. The molecule has 2 bridgehead atoms. The Kier molecular flexibility index (Phi) is 2.10. The Morgan fingerprint density at radius 2 is 2.31 bits per heavy atom. The van der Waals surface area contributed by atoms with Crippen molar-refractivity contribution in [1.82, 2.24) is 4.31 Å². The van der Waals surface area contributed by atoms with Crippen LogP contribution in [0.15, 0.2) is 21.7 Å². The minimum absolute atomic E-state index is 0.257. The van der Waals surface area contributed by atoms with Crippen LogP contribution in [0.5, 0.6) is 0 Å². The molecule has 0 aromatic carbocycles. The van der Waals surface area contributed by atoms with Crippen LogP contribution in [0.2, 0.25) is 0 Å². The molecule has 7 heteroatoms. The van der Waals surface area contributed by atoms with Crippen molar-refractivity contribution in [1.29, 1.82) is 0 Å². The zero-order chi connectivity index (χ0) is 11.3. The van der Waals surface area contributed by atoms with Gasteiger partial charge in [0.15, 0.2) is 0 Å². The molecule has 0 N–H and O–H groups in total. The minimum Gasteiger partial charge on any atom is -0.460 e. The molecule has 0 aliphatic carbocycles. The lowest BCUT2D eigenvalue weighted by molar-refractivity contribution is -0.148. The summed E-state index contributed by atoms with van der Waals surface area (Å²) < 4.78 is 30.8. The highest BCUT2D eigenvalue weighted by Crippen LogP contribution is 2.34. The van der Waals surface area contributed by atoms with Crippen molar-refractivity contribution in [2.24, 2.45) is 0 Å². The van der Waals surface area contributed by atoms with Gasteiger partial charge in [-0.25, -0.2) is 8.42 Å². The van der Waals surface area contributed by atoms with E-state index in [-0.39, 0.29) is 16.9 Å². The summed E-state index contributed by atoms with van der Waals surface area (Å²) in [5.74, 6) is -0.420. The van der Waals surface area contributed by atoms with Crippen LogP contribution in [0.4, 0.5) is 0 Å². The number of ether oxygens (including phenoxy) is 1. The molecule has 5 nitrogen and oxygen atoms in total. The molecule has 1 aromatic heterocycles. The van der Waals surface area contributed by atoms with Gasteiger partial charge in [0.1, 0.15) is 16.4 Å². The summed E-state index contributed by atoms with van der Waals surface area (Å²) in [7, 11) is -3.51. The van der Waals surface area contributed by atoms with Gasteiger partial charge < -0.3 is 4.74 Å². The molecule has 0 saturated carbocycles. The quantitative estimate of drug-likeness (QED) is 0.723. The van der Waals surface area contributed by atoms with Gasteiger partial charge in [-0.15, -0.1) is 11.3 Å². The summed E-state index contributed by atoms with van der Waals surface area (Å²) in [6, 6.07) is 2.62. The fourth-order valence-corrected chi connectivity index (χ4v) is 4.84. The van der Waals surface area contributed by atoms with Crippen LogP contribution in [-0.2, 0) is 19.6 Å². The molecule has 2 fully saturated rings. The van der Waals surface area contributed by atoms with E-state index in [1.165, 1.54) is 4.31 Å². The molecule has 0 radical (unpaired) electrons. The molecular weight excluding hydrogens is 250 g/mol. The standard InChI is InChI=1S/C9H9NO4S2/c11-9-7-4-6(14-9)5-10(7)16(12,13)8-2-1-3-15-8/h1-3,6-7H,4-5H2/t6-,7+/m0/s1. The lowest BCUT2D eigenvalue weighted by Gasteiger charge is -2.24. The van der Waals surface area contributed by atoms with E-state index in [1.807, 2.05) is 0 Å². The number of esters is 1. The summed E-state index contributed by atoms with van der Waals surface area (Å²) >= 11 is 1.16. The Hall–Kier alpha value is -0.920. The Morgan fingerprint density at radius 1 is 1.50 bits per heavy atom. The fraction of sp³-hybridized carbons (Fsp3) is 0.444. The molecule has 0 spiro atoms. The number of rotatable bonds is 2. The van der Waals surface area contributed by atoms with Gasteiger partial charge >= 0.3 is 5.97 Å². The van der Waals surface area contributed by atoms with Crippen LogP contribution >= 0.6 is 11.3 Å². The fourth-order valence-electron chi connectivity index (χ4n) is 2.10. The Morgan fingerprint density at radius 3 is 2.88 bits per heavy atom. The first-order valence-electron chi connectivity index (χ1n) is 4.85. The molecule has 0 amide bonds. The second-order valence-corrected chi connectivity index (χ2v) is 6.88. The summed E-state index contributed by atoms with van der Waals surface area (Å²) in [6.45, 7) is 0.288. The largest absolute Gasteiger partial charge is 0.460 e. The molecule has 2 aliphatic rings. The normalized spacial score (nSPS) is 29.6. The number of carbonyl (C=O) groups is 1. The Labute approximate surface area is 96.7 Å². The van der Waals surface area contributed by atoms with E-state index < -0.39 is 22.0 Å². The average Bonchev–Trinajstić information content (AvgIpc) is 2.92. The van der Waals surface area contributed by atoms with Gasteiger partial charge in [0.2, 0.25) is 0 Å².